The maximum atomic E-state index is 13.0. The molecule has 0 spiro atoms. The van der Waals surface area contributed by atoms with Crippen LogP contribution in [0, 0.1) is 13.8 Å². The lowest BCUT2D eigenvalue weighted by atomic mass is 10.1. The molecule has 3 heterocycles. The van der Waals surface area contributed by atoms with Crippen molar-refractivity contribution in [2.24, 2.45) is 0 Å². The van der Waals surface area contributed by atoms with Crippen LogP contribution in [-0.4, -0.2) is 39.3 Å². The highest BCUT2D eigenvalue weighted by Gasteiger charge is 2.21. The zero-order chi connectivity index (χ0) is 21.5. The van der Waals surface area contributed by atoms with Gasteiger partial charge in [-0.25, -0.2) is 13.9 Å². The van der Waals surface area contributed by atoms with Crippen LogP contribution in [-0.2, 0) is 11.3 Å². The molecule has 2 aromatic heterocycles. The van der Waals surface area contributed by atoms with Crippen molar-refractivity contribution in [3.63, 3.8) is 0 Å². The van der Waals surface area contributed by atoms with Gasteiger partial charge in [0.05, 0.1) is 12.1 Å². The first kappa shape index (κ1) is 19.2. The number of amides is 1. The number of hydrogen-bond donors (Lipinski definition) is 1. The Bertz CT molecular complexity index is 1370. The van der Waals surface area contributed by atoms with Crippen molar-refractivity contribution in [2.75, 3.05) is 13.2 Å². The molecule has 5 rings (SSSR count). The number of rotatable bonds is 4. The number of fused-ring (bicyclic) bond motifs is 4. The Kier molecular flexibility index (Phi) is 4.62. The van der Waals surface area contributed by atoms with E-state index in [1.165, 1.54) is 4.68 Å². The van der Waals surface area contributed by atoms with Crippen LogP contribution in [0.25, 0.3) is 16.6 Å². The third kappa shape index (κ3) is 3.50. The molecule has 0 saturated carbocycles. The zero-order valence-corrected chi connectivity index (χ0v) is 17.3. The summed E-state index contributed by atoms with van der Waals surface area (Å²) in [5.41, 5.74) is 2.97. The van der Waals surface area contributed by atoms with E-state index in [0.717, 1.165) is 22.0 Å². The van der Waals surface area contributed by atoms with Crippen LogP contribution in [0.2, 0.25) is 0 Å². The van der Waals surface area contributed by atoms with Crippen LogP contribution in [0.4, 0.5) is 0 Å². The van der Waals surface area contributed by atoms with Gasteiger partial charge in [0, 0.05) is 0 Å². The molecule has 1 N–H and O–H groups in total. The van der Waals surface area contributed by atoms with E-state index in [0.29, 0.717) is 23.8 Å². The smallest absolute Gasteiger partial charge is 0.351 e. The number of pyridine rings is 1. The fourth-order valence-electron chi connectivity index (χ4n) is 3.86. The van der Waals surface area contributed by atoms with Gasteiger partial charge in [-0.2, -0.15) is 0 Å². The second kappa shape index (κ2) is 7.46. The van der Waals surface area contributed by atoms with Crippen molar-refractivity contribution in [2.45, 2.75) is 26.5 Å². The Morgan fingerprint density at radius 1 is 1.16 bits per heavy atom. The van der Waals surface area contributed by atoms with Gasteiger partial charge in [-0.05, 0) is 55.1 Å². The third-order valence-electron chi connectivity index (χ3n) is 5.38. The van der Waals surface area contributed by atoms with E-state index in [9.17, 15) is 9.59 Å². The Morgan fingerprint density at radius 2 is 1.97 bits per heavy atom. The summed E-state index contributed by atoms with van der Waals surface area (Å²) in [6, 6.07) is 15.3. The number of benzene rings is 2. The summed E-state index contributed by atoms with van der Waals surface area (Å²) in [5.74, 6) is 1.03. The molecule has 1 aliphatic heterocycles. The fraction of sp³-hybridized carbons (Fsp3) is 0.261. The molecule has 1 amide bonds. The molecule has 4 aromatic rings. The highest BCUT2D eigenvalue weighted by Crippen LogP contribution is 2.30. The highest BCUT2D eigenvalue weighted by atomic mass is 16.6. The number of carbonyl (C=O) groups excluding carboxylic acids is 1. The number of ether oxygens (including phenoxy) is 2. The number of nitrogens with zero attached hydrogens (tertiary/aromatic N) is 3. The molecule has 0 saturated heterocycles. The van der Waals surface area contributed by atoms with Gasteiger partial charge in [0.1, 0.15) is 19.3 Å². The largest absolute Gasteiger partial charge is 0.486 e. The normalized spacial score (nSPS) is 15.4. The maximum Gasteiger partial charge on any atom is 0.351 e. The number of carbonyl (C=O) groups is 1. The van der Waals surface area contributed by atoms with Crippen molar-refractivity contribution in [3.8, 4) is 11.5 Å². The van der Waals surface area contributed by atoms with Crippen LogP contribution in [0.5, 0.6) is 11.5 Å². The maximum absolute atomic E-state index is 13.0. The molecule has 8 nitrogen and oxygen atoms in total. The molecule has 158 valence electrons. The molecule has 2 aromatic carbocycles. The highest BCUT2D eigenvalue weighted by molar-refractivity contribution is 5.84. The molecule has 1 atom stereocenters. The monoisotopic (exact) mass is 418 g/mol. The lowest BCUT2D eigenvalue weighted by Crippen LogP contribution is -2.42. The Labute approximate surface area is 178 Å². The molecule has 1 aliphatic rings. The first-order valence-electron chi connectivity index (χ1n) is 10.1. The van der Waals surface area contributed by atoms with Gasteiger partial charge in [-0.15, -0.1) is 5.10 Å². The van der Waals surface area contributed by atoms with E-state index < -0.39 is 0 Å². The van der Waals surface area contributed by atoms with Crippen LogP contribution in [0.1, 0.15) is 11.1 Å². The number of para-hydroxylation sites is 2. The average Bonchev–Trinajstić information content (AvgIpc) is 3.09. The Morgan fingerprint density at radius 3 is 2.81 bits per heavy atom. The molecule has 1 unspecified atom stereocenters. The van der Waals surface area contributed by atoms with Crippen LogP contribution in [0.15, 0.2) is 53.3 Å². The van der Waals surface area contributed by atoms with E-state index in [1.54, 1.807) is 4.40 Å². The third-order valence-corrected chi connectivity index (χ3v) is 5.38. The van der Waals surface area contributed by atoms with Crippen LogP contribution in [0.3, 0.4) is 0 Å². The van der Waals surface area contributed by atoms with Crippen molar-refractivity contribution < 1.29 is 14.3 Å². The molecular weight excluding hydrogens is 396 g/mol. The number of aryl methyl sites for hydroxylation is 2. The standard InChI is InChI=1S/C23H22N4O4/c1-14-7-8-18-16(9-14)10-15(2)22-25-26(23(29)27(18)22)12-21(28)24-11-17-13-30-19-5-3-4-6-20(19)31-17/h3-10,17H,11-13H2,1-2H3,(H,24,28). The van der Waals surface area contributed by atoms with Gasteiger partial charge in [0.25, 0.3) is 0 Å². The number of aromatic nitrogens is 3. The first-order chi connectivity index (χ1) is 15.0. The summed E-state index contributed by atoms with van der Waals surface area (Å²) in [5, 5.41) is 8.17. The van der Waals surface area contributed by atoms with E-state index in [-0.39, 0.29) is 30.8 Å². The quantitative estimate of drug-likeness (QED) is 0.549. The van der Waals surface area contributed by atoms with Gasteiger partial charge in [0.2, 0.25) is 5.91 Å². The lowest BCUT2D eigenvalue weighted by molar-refractivity contribution is -0.122. The van der Waals surface area contributed by atoms with Crippen molar-refractivity contribution >= 4 is 22.5 Å². The molecule has 8 heteroatoms. The topological polar surface area (TPSA) is 86.9 Å². The van der Waals surface area contributed by atoms with Gasteiger partial charge < -0.3 is 14.8 Å². The zero-order valence-electron chi connectivity index (χ0n) is 17.3. The minimum atomic E-state index is -0.339. The Balaban J connectivity index is 1.33. The molecular formula is C23H22N4O4. The van der Waals surface area contributed by atoms with E-state index >= 15 is 0 Å². The van der Waals surface area contributed by atoms with Crippen LogP contribution >= 0.6 is 0 Å². The predicted octanol–water partition coefficient (Wildman–Crippen LogP) is 2.22. The van der Waals surface area contributed by atoms with Crippen molar-refractivity contribution in [1.82, 2.24) is 19.5 Å². The van der Waals surface area contributed by atoms with Gasteiger partial charge >= 0.3 is 5.69 Å². The van der Waals surface area contributed by atoms with E-state index in [1.807, 2.05) is 62.4 Å². The van der Waals surface area contributed by atoms with Gasteiger partial charge in [-0.3, -0.25) is 4.79 Å². The molecule has 0 fully saturated rings. The van der Waals surface area contributed by atoms with E-state index in [4.69, 9.17) is 9.47 Å². The molecule has 0 radical (unpaired) electrons. The minimum absolute atomic E-state index is 0.169. The predicted molar refractivity (Wildman–Crippen MR) is 116 cm³/mol. The molecule has 0 aliphatic carbocycles. The summed E-state index contributed by atoms with van der Waals surface area (Å²) in [6.45, 7) is 4.37. The summed E-state index contributed by atoms with van der Waals surface area (Å²) in [7, 11) is 0. The lowest BCUT2D eigenvalue weighted by Gasteiger charge is -2.26. The summed E-state index contributed by atoms with van der Waals surface area (Å²) < 4.78 is 14.3. The second-order valence-electron chi connectivity index (χ2n) is 7.79. The van der Waals surface area contributed by atoms with E-state index in [2.05, 4.69) is 10.4 Å². The SMILES string of the molecule is Cc1ccc2c(c1)cc(C)c1nn(CC(=O)NCC3COc4ccccc4O3)c(=O)n12. The summed E-state index contributed by atoms with van der Waals surface area (Å²) in [4.78, 5) is 25.5. The Hall–Kier alpha value is -3.81. The fourth-order valence-corrected chi connectivity index (χ4v) is 3.86. The second-order valence-corrected chi connectivity index (χ2v) is 7.79. The van der Waals surface area contributed by atoms with Crippen molar-refractivity contribution in [3.05, 3.63) is 70.1 Å². The minimum Gasteiger partial charge on any atom is -0.486 e. The number of nitrogens with one attached hydrogen (secondary N) is 1. The van der Waals surface area contributed by atoms with Gasteiger partial charge in [0.15, 0.2) is 17.1 Å². The average molecular weight is 418 g/mol. The van der Waals surface area contributed by atoms with Crippen LogP contribution < -0.4 is 20.5 Å². The molecule has 0 bridgehead atoms. The summed E-state index contributed by atoms with van der Waals surface area (Å²) >= 11 is 0. The molecule has 31 heavy (non-hydrogen) atoms. The summed E-state index contributed by atoms with van der Waals surface area (Å²) in [6.07, 6.45) is -0.300. The number of hydrogen-bond acceptors (Lipinski definition) is 5. The van der Waals surface area contributed by atoms with Crippen molar-refractivity contribution in [1.29, 1.82) is 0 Å². The first-order valence-corrected chi connectivity index (χ1v) is 10.1. The van der Waals surface area contributed by atoms with Gasteiger partial charge in [-0.1, -0.05) is 23.8 Å².